The largest absolute Gasteiger partial charge is 0.383 e. The highest BCUT2D eigenvalue weighted by molar-refractivity contribution is 5.79. The van der Waals surface area contributed by atoms with Gasteiger partial charge in [-0.1, -0.05) is 12.1 Å². The van der Waals surface area contributed by atoms with Gasteiger partial charge in [-0.15, -0.1) is 0 Å². The molecule has 8 heteroatoms. The molecule has 0 aromatic heterocycles. The molecule has 1 aliphatic rings. The summed E-state index contributed by atoms with van der Waals surface area (Å²) in [6.07, 6.45) is 3.59. The lowest BCUT2D eigenvalue weighted by atomic mass is 10.1. The van der Waals surface area contributed by atoms with E-state index in [1.54, 1.807) is 19.2 Å². The summed E-state index contributed by atoms with van der Waals surface area (Å²) >= 11 is 0. The minimum absolute atomic E-state index is 0.0822. The Hall–Kier alpha value is -2.19. The lowest BCUT2D eigenvalue weighted by Gasteiger charge is -2.23. The maximum Gasteiger partial charge on any atom is 0.269 e. The van der Waals surface area contributed by atoms with Crippen LogP contribution >= 0.6 is 0 Å². The standard InChI is InChI=1S/C17H26N4O4/c1-24-11-9-18-17(20-13-16-4-2-3-10-25-16)19-12-14-5-7-15(8-6-14)21(22)23/h5-8,16H,2-4,9-13H2,1H3,(H2,18,19,20). The predicted molar refractivity (Wildman–Crippen MR) is 95.7 cm³/mol. The van der Waals surface area contributed by atoms with Crippen LogP contribution in [0.5, 0.6) is 0 Å². The van der Waals surface area contributed by atoms with E-state index in [9.17, 15) is 10.1 Å². The van der Waals surface area contributed by atoms with Gasteiger partial charge in [-0.25, -0.2) is 4.99 Å². The first-order valence-corrected chi connectivity index (χ1v) is 8.55. The third-order valence-electron chi connectivity index (χ3n) is 3.94. The van der Waals surface area contributed by atoms with E-state index in [4.69, 9.17) is 9.47 Å². The molecule has 1 heterocycles. The molecular weight excluding hydrogens is 324 g/mol. The predicted octanol–water partition coefficient (Wildman–Crippen LogP) is 1.85. The Morgan fingerprint density at radius 3 is 2.80 bits per heavy atom. The SMILES string of the molecule is COCCNC(=NCc1ccc([N+](=O)[O-])cc1)NCC1CCCCO1. The number of non-ortho nitro benzene ring substituents is 1. The van der Waals surface area contributed by atoms with Crippen LogP contribution < -0.4 is 10.6 Å². The fraction of sp³-hybridized carbons (Fsp3) is 0.588. The molecule has 0 radical (unpaired) electrons. The number of rotatable bonds is 8. The Kier molecular flexibility index (Phi) is 8.14. The monoisotopic (exact) mass is 350 g/mol. The van der Waals surface area contributed by atoms with Crippen molar-refractivity contribution in [2.24, 2.45) is 4.99 Å². The van der Waals surface area contributed by atoms with Crippen LogP contribution in [0, 0.1) is 10.1 Å². The summed E-state index contributed by atoms with van der Waals surface area (Å²) in [5, 5.41) is 17.2. The Morgan fingerprint density at radius 1 is 1.36 bits per heavy atom. The average Bonchev–Trinajstić information content (AvgIpc) is 2.65. The molecule has 0 spiro atoms. The second-order valence-corrected chi connectivity index (χ2v) is 5.88. The number of ether oxygens (including phenoxy) is 2. The molecule has 1 atom stereocenters. The second kappa shape index (κ2) is 10.6. The zero-order valence-electron chi connectivity index (χ0n) is 14.6. The van der Waals surface area contributed by atoms with Crippen LogP contribution in [0.3, 0.4) is 0 Å². The zero-order chi connectivity index (χ0) is 17.9. The molecule has 1 unspecified atom stereocenters. The molecule has 0 aliphatic carbocycles. The Morgan fingerprint density at radius 2 is 2.16 bits per heavy atom. The van der Waals surface area contributed by atoms with Gasteiger partial charge in [0, 0.05) is 38.9 Å². The fourth-order valence-corrected chi connectivity index (χ4v) is 2.52. The molecule has 0 saturated carbocycles. The molecule has 2 rings (SSSR count). The van der Waals surface area contributed by atoms with Crippen molar-refractivity contribution < 1.29 is 14.4 Å². The molecule has 8 nitrogen and oxygen atoms in total. The van der Waals surface area contributed by atoms with Gasteiger partial charge in [-0.2, -0.15) is 0 Å². The summed E-state index contributed by atoms with van der Waals surface area (Å²) in [4.78, 5) is 14.8. The van der Waals surface area contributed by atoms with Crippen LogP contribution in [0.2, 0.25) is 0 Å². The quantitative estimate of drug-likeness (QED) is 0.244. The number of nitro benzene ring substituents is 1. The second-order valence-electron chi connectivity index (χ2n) is 5.88. The molecule has 1 aromatic rings. The molecule has 0 amide bonds. The normalized spacial score (nSPS) is 18.0. The molecule has 1 aliphatic heterocycles. The first kappa shape index (κ1) is 19.1. The smallest absolute Gasteiger partial charge is 0.269 e. The highest BCUT2D eigenvalue weighted by Crippen LogP contribution is 2.13. The number of benzene rings is 1. The van der Waals surface area contributed by atoms with Crippen LogP contribution in [0.25, 0.3) is 0 Å². The van der Waals surface area contributed by atoms with Gasteiger partial charge >= 0.3 is 0 Å². The van der Waals surface area contributed by atoms with Gasteiger partial charge in [0.15, 0.2) is 5.96 Å². The lowest BCUT2D eigenvalue weighted by molar-refractivity contribution is -0.384. The maximum absolute atomic E-state index is 10.7. The summed E-state index contributed by atoms with van der Waals surface area (Å²) in [6, 6.07) is 6.43. The van der Waals surface area contributed by atoms with Gasteiger partial charge < -0.3 is 20.1 Å². The van der Waals surface area contributed by atoms with Crippen molar-refractivity contribution in [1.29, 1.82) is 0 Å². The number of nitrogens with one attached hydrogen (secondary N) is 2. The minimum atomic E-state index is -0.406. The maximum atomic E-state index is 10.7. The number of nitro groups is 1. The molecule has 0 bridgehead atoms. The van der Waals surface area contributed by atoms with Crippen molar-refractivity contribution in [2.45, 2.75) is 31.9 Å². The molecule has 1 fully saturated rings. The third-order valence-corrected chi connectivity index (χ3v) is 3.94. The van der Waals surface area contributed by atoms with Gasteiger partial charge in [0.05, 0.1) is 24.2 Å². The lowest BCUT2D eigenvalue weighted by Crippen LogP contribution is -2.43. The molecule has 1 saturated heterocycles. The highest BCUT2D eigenvalue weighted by Gasteiger charge is 2.14. The van der Waals surface area contributed by atoms with Gasteiger partial charge in [-0.05, 0) is 24.8 Å². The number of guanidine groups is 1. The summed E-state index contributed by atoms with van der Waals surface area (Å²) < 4.78 is 10.8. The molecule has 138 valence electrons. The number of nitrogens with zero attached hydrogens (tertiary/aromatic N) is 2. The summed E-state index contributed by atoms with van der Waals surface area (Å²) in [5.41, 5.74) is 0.992. The molecule has 1 aromatic carbocycles. The average molecular weight is 350 g/mol. The van der Waals surface area contributed by atoms with E-state index in [2.05, 4.69) is 15.6 Å². The summed E-state index contributed by atoms with van der Waals surface area (Å²) in [6.45, 7) is 3.19. The van der Waals surface area contributed by atoms with Crippen molar-refractivity contribution in [3.63, 3.8) is 0 Å². The van der Waals surface area contributed by atoms with Gasteiger partial charge in [-0.3, -0.25) is 10.1 Å². The number of hydrogen-bond acceptors (Lipinski definition) is 5. The van der Waals surface area contributed by atoms with E-state index >= 15 is 0 Å². The molecular formula is C17H26N4O4. The summed E-state index contributed by atoms with van der Waals surface area (Å²) in [7, 11) is 1.65. The van der Waals surface area contributed by atoms with Gasteiger partial charge in [0.1, 0.15) is 0 Å². The van der Waals surface area contributed by atoms with E-state index in [0.29, 0.717) is 32.2 Å². The van der Waals surface area contributed by atoms with E-state index in [1.165, 1.54) is 18.6 Å². The van der Waals surface area contributed by atoms with Crippen LogP contribution in [0.1, 0.15) is 24.8 Å². The Balaban J connectivity index is 1.90. The van der Waals surface area contributed by atoms with Crippen molar-refractivity contribution in [3.05, 3.63) is 39.9 Å². The number of hydrogen-bond donors (Lipinski definition) is 2. The van der Waals surface area contributed by atoms with Crippen molar-refractivity contribution in [3.8, 4) is 0 Å². The van der Waals surface area contributed by atoms with Crippen molar-refractivity contribution in [1.82, 2.24) is 10.6 Å². The zero-order valence-corrected chi connectivity index (χ0v) is 14.6. The Labute approximate surface area is 147 Å². The first-order chi connectivity index (χ1) is 12.2. The van der Waals surface area contributed by atoms with Crippen LogP contribution in [-0.2, 0) is 16.0 Å². The fourth-order valence-electron chi connectivity index (χ4n) is 2.52. The number of aliphatic imine (C=N–C) groups is 1. The van der Waals surface area contributed by atoms with Gasteiger partial charge in [0.25, 0.3) is 5.69 Å². The van der Waals surface area contributed by atoms with E-state index in [-0.39, 0.29) is 11.8 Å². The van der Waals surface area contributed by atoms with Crippen LogP contribution in [0.15, 0.2) is 29.3 Å². The summed E-state index contributed by atoms with van der Waals surface area (Å²) in [5.74, 6) is 0.685. The molecule has 2 N–H and O–H groups in total. The van der Waals surface area contributed by atoms with Gasteiger partial charge in [0.2, 0.25) is 0 Å². The topological polar surface area (TPSA) is 98.0 Å². The Bertz CT molecular complexity index is 556. The van der Waals surface area contributed by atoms with Crippen LogP contribution in [-0.4, -0.2) is 50.4 Å². The highest BCUT2D eigenvalue weighted by atomic mass is 16.6. The molecule has 25 heavy (non-hydrogen) atoms. The van der Waals surface area contributed by atoms with Crippen molar-refractivity contribution >= 4 is 11.6 Å². The first-order valence-electron chi connectivity index (χ1n) is 8.55. The minimum Gasteiger partial charge on any atom is -0.383 e. The van der Waals surface area contributed by atoms with Crippen molar-refractivity contribution in [2.75, 3.05) is 33.4 Å². The third kappa shape index (κ3) is 7.06. The number of methoxy groups -OCH3 is 1. The van der Waals surface area contributed by atoms with E-state index in [1.807, 2.05) is 0 Å². The van der Waals surface area contributed by atoms with E-state index < -0.39 is 4.92 Å². The van der Waals surface area contributed by atoms with E-state index in [0.717, 1.165) is 25.0 Å². The van der Waals surface area contributed by atoms with Crippen LogP contribution in [0.4, 0.5) is 5.69 Å².